The van der Waals surface area contributed by atoms with Gasteiger partial charge in [0.25, 0.3) is 0 Å². The number of pyridine rings is 2. The first-order valence-electron chi connectivity index (χ1n) is 8.14. The Balaban J connectivity index is 1.55. The number of carboxylic acids is 1. The number of aromatic nitrogens is 2. The molecule has 1 saturated carbocycles. The molecule has 0 saturated heterocycles. The molecule has 0 atom stereocenters. The van der Waals surface area contributed by atoms with Crippen molar-refractivity contribution < 1.29 is 14.6 Å². The molecular weight excluding hydrogens is 320 g/mol. The number of nitriles is 1. The fraction of sp³-hybridized carbons (Fsp3) is 0.333. The van der Waals surface area contributed by atoms with Crippen molar-refractivity contribution in [3.05, 3.63) is 47.8 Å². The molecule has 0 unspecified atom stereocenters. The van der Waals surface area contributed by atoms with E-state index in [1.807, 2.05) is 0 Å². The second kappa shape index (κ2) is 7.62. The molecular formula is C18H18N4O3. The Morgan fingerprint density at radius 3 is 2.76 bits per heavy atom. The summed E-state index contributed by atoms with van der Waals surface area (Å²) in [5, 5.41) is 21.4. The van der Waals surface area contributed by atoms with Crippen LogP contribution < -0.4 is 10.1 Å². The molecule has 2 aromatic heterocycles. The molecule has 2 N–H and O–H groups in total. The molecule has 25 heavy (non-hydrogen) atoms. The van der Waals surface area contributed by atoms with Crippen molar-refractivity contribution in [2.24, 2.45) is 0 Å². The van der Waals surface area contributed by atoms with Crippen LogP contribution in [0.3, 0.4) is 0 Å². The predicted molar refractivity (Wildman–Crippen MR) is 90.4 cm³/mol. The Hall–Kier alpha value is -3.14. The van der Waals surface area contributed by atoms with Gasteiger partial charge in [0.05, 0.1) is 0 Å². The van der Waals surface area contributed by atoms with Gasteiger partial charge < -0.3 is 15.2 Å². The van der Waals surface area contributed by atoms with Gasteiger partial charge in [-0.1, -0.05) is 6.07 Å². The summed E-state index contributed by atoms with van der Waals surface area (Å²) in [6, 6.07) is 10.6. The Morgan fingerprint density at radius 1 is 1.24 bits per heavy atom. The highest BCUT2D eigenvalue weighted by atomic mass is 16.5. The van der Waals surface area contributed by atoms with Crippen LogP contribution in [0.4, 0.5) is 5.82 Å². The molecule has 1 fully saturated rings. The van der Waals surface area contributed by atoms with Gasteiger partial charge in [0.2, 0.25) is 5.88 Å². The minimum absolute atomic E-state index is 0.0263. The molecule has 0 spiro atoms. The third-order valence-electron chi connectivity index (χ3n) is 4.16. The van der Waals surface area contributed by atoms with Gasteiger partial charge in [0.1, 0.15) is 23.6 Å². The number of hydrogen-bond donors (Lipinski definition) is 2. The minimum atomic E-state index is -1.04. The number of aromatic carboxylic acids is 1. The topological polar surface area (TPSA) is 108 Å². The van der Waals surface area contributed by atoms with E-state index < -0.39 is 5.97 Å². The van der Waals surface area contributed by atoms with E-state index >= 15 is 0 Å². The van der Waals surface area contributed by atoms with Gasteiger partial charge in [-0.25, -0.2) is 14.8 Å². The monoisotopic (exact) mass is 338 g/mol. The van der Waals surface area contributed by atoms with Gasteiger partial charge in [-0.3, -0.25) is 0 Å². The van der Waals surface area contributed by atoms with Gasteiger partial charge in [0.15, 0.2) is 5.69 Å². The second-order valence-corrected chi connectivity index (χ2v) is 5.92. The number of anilines is 1. The van der Waals surface area contributed by atoms with Gasteiger partial charge in [0, 0.05) is 12.2 Å². The third kappa shape index (κ3) is 4.23. The lowest BCUT2D eigenvalue weighted by atomic mass is 9.93. The number of nitrogens with zero attached hydrogens (tertiary/aromatic N) is 3. The van der Waals surface area contributed by atoms with E-state index in [1.165, 1.54) is 6.07 Å². The second-order valence-electron chi connectivity index (χ2n) is 5.92. The van der Waals surface area contributed by atoms with Gasteiger partial charge in [-0.2, -0.15) is 5.26 Å². The maximum Gasteiger partial charge on any atom is 0.354 e. The third-order valence-corrected chi connectivity index (χ3v) is 4.16. The quantitative estimate of drug-likeness (QED) is 0.863. The lowest BCUT2D eigenvalue weighted by Gasteiger charge is -2.29. The summed E-state index contributed by atoms with van der Waals surface area (Å²) in [4.78, 5) is 19.2. The number of hydrogen-bond acceptors (Lipinski definition) is 6. The number of ether oxygens (including phenoxy) is 1. The van der Waals surface area contributed by atoms with Crippen LogP contribution in [-0.4, -0.2) is 33.2 Å². The number of carboxylic acid groups (broad SMARTS) is 1. The number of rotatable bonds is 5. The van der Waals surface area contributed by atoms with Crippen LogP contribution in [0.2, 0.25) is 0 Å². The first-order valence-corrected chi connectivity index (χ1v) is 8.14. The molecule has 2 heterocycles. The Kier molecular flexibility index (Phi) is 5.09. The fourth-order valence-electron chi connectivity index (χ4n) is 2.90. The summed E-state index contributed by atoms with van der Waals surface area (Å²) in [7, 11) is 0. The van der Waals surface area contributed by atoms with Crippen molar-refractivity contribution in [3.8, 4) is 11.9 Å². The van der Waals surface area contributed by atoms with E-state index in [2.05, 4.69) is 21.4 Å². The van der Waals surface area contributed by atoms with E-state index in [0.717, 1.165) is 25.7 Å². The summed E-state index contributed by atoms with van der Waals surface area (Å²) in [6.07, 6.45) is 5.05. The zero-order valence-corrected chi connectivity index (χ0v) is 13.6. The number of carbonyl (C=O) groups is 1. The molecule has 0 amide bonds. The van der Waals surface area contributed by atoms with Crippen LogP contribution in [0.5, 0.6) is 5.88 Å². The molecule has 128 valence electrons. The molecule has 0 aromatic carbocycles. The van der Waals surface area contributed by atoms with Crippen LogP contribution >= 0.6 is 0 Å². The predicted octanol–water partition coefficient (Wildman–Crippen LogP) is 2.85. The van der Waals surface area contributed by atoms with Crippen molar-refractivity contribution in [2.45, 2.75) is 37.8 Å². The molecule has 0 bridgehead atoms. The maximum atomic E-state index is 11.0. The first kappa shape index (κ1) is 16.7. The van der Waals surface area contributed by atoms with E-state index in [9.17, 15) is 4.79 Å². The Labute approximate surface area is 145 Å². The lowest BCUT2D eigenvalue weighted by Crippen LogP contribution is -2.31. The summed E-state index contributed by atoms with van der Waals surface area (Å²) in [5.74, 6) is -0.0811. The molecule has 1 aliphatic rings. The minimum Gasteiger partial charge on any atom is -0.477 e. The van der Waals surface area contributed by atoms with Crippen molar-refractivity contribution >= 4 is 11.8 Å². The highest BCUT2D eigenvalue weighted by molar-refractivity contribution is 5.85. The van der Waals surface area contributed by atoms with Gasteiger partial charge in [-0.15, -0.1) is 0 Å². The molecule has 3 rings (SSSR count). The summed E-state index contributed by atoms with van der Waals surface area (Å²) < 4.78 is 5.87. The van der Waals surface area contributed by atoms with Crippen LogP contribution in [0, 0.1) is 11.3 Å². The van der Waals surface area contributed by atoms with Crippen LogP contribution in [0.1, 0.15) is 41.7 Å². The largest absolute Gasteiger partial charge is 0.477 e. The molecule has 7 nitrogen and oxygen atoms in total. The molecule has 7 heteroatoms. The summed E-state index contributed by atoms with van der Waals surface area (Å²) in [5.41, 5.74) is 0.471. The number of nitrogens with one attached hydrogen (secondary N) is 1. The van der Waals surface area contributed by atoms with Crippen molar-refractivity contribution in [1.29, 1.82) is 5.26 Å². The summed E-state index contributed by atoms with van der Waals surface area (Å²) in [6.45, 7) is 0. The van der Waals surface area contributed by atoms with E-state index in [0.29, 0.717) is 17.3 Å². The molecule has 1 aliphatic carbocycles. The van der Waals surface area contributed by atoms with Crippen molar-refractivity contribution in [3.63, 3.8) is 0 Å². The molecule has 2 aromatic rings. The smallest absolute Gasteiger partial charge is 0.354 e. The fourth-order valence-corrected chi connectivity index (χ4v) is 2.90. The van der Waals surface area contributed by atoms with E-state index in [1.54, 1.807) is 30.5 Å². The molecule has 0 radical (unpaired) electrons. The maximum absolute atomic E-state index is 11.0. The summed E-state index contributed by atoms with van der Waals surface area (Å²) >= 11 is 0. The van der Waals surface area contributed by atoms with Gasteiger partial charge in [-0.05, 0) is 49.9 Å². The zero-order chi connectivity index (χ0) is 17.6. The van der Waals surface area contributed by atoms with Crippen LogP contribution in [0.15, 0.2) is 36.5 Å². The normalized spacial score (nSPS) is 19.6. The SMILES string of the molecule is N#Cc1cccnc1OC1CCC(Nc2cccc(C(=O)O)n2)CC1. The highest BCUT2D eigenvalue weighted by Gasteiger charge is 2.24. The molecule has 0 aliphatic heterocycles. The standard InChI is InChI=1S/C18H18N4O3/c19-11-12-3-2-10-20-17(12)25-14-8-6-13(7-9-14)21-16-5-1-4-15(22-16)18(23)24/h1-5,10,13-14H,6-9H2,(H,21,22)(H,23,24). The van der Waals surface area contributed by atoms with Crippen LogP contribution in [0.25, 0.3) is 0 Å². The average molecular weight is 338 g/mol. The lowest BCUT2D eigenvalue weighted by molar-refractivity contribution is 0.0690. The van der Waals surface area contributed by atoms with Crippen molar-refractivity contribution in [2.75, 3.05) is 5.32 Å². The Morgan fingerprint density at radius 2 is 2.04 bits per heavy atom. The van der Waals surface area contributed by atoms with Gasteiger partial charge >= 0.3 is 5.97 Å². The average Bonchev–Trinajstić information content (AvgIpc) is 2.64. The van der Waals surface area contributed by atoms with Crippen molar-refractivity contribution in [1.82, 2.24) is 9.97 Å². The zero-order valence-electron chi connectivity index (χ0n) is 13.6. The Bertz CT molecular complexity index is 795. The highest BCUT2D eigenvalue weighted by Crippen LogP contribution is 2.26. The van der Waals surface area contributed by atoms with Crippen LogP contribution in [-0.2, 0) is 0 Å². The van der Waals surface area contributed by atoms with E-state index in [4.69, 9.17) is 15.1 Å². The first-order chi connectivity index (χ1) is 12.2. The van der Waals surface area contributed by atoms with E-state index in [-0.39, 0.29) is 17.8 Å².